The summed E-state index contributed by atoms with van der Waals surface area (Å²) in [4.78, 5) is 12.0. The highest BCUT2D eigenvalue weighted by atomic mass is 16.5. The molecule has 1 aliphatic heterocycles. The molecule has 0 spiro atoms. The minimum Gasteiger partial charge on any atom is -0.497 e. The SMILES string of the molecule is COc1cccc([C@H](C)NC(=O)CCC2CCNC2)c1. The predicted molar refractivity (Wildman–Crippen MR) is 79.8 cm³/mol. The molecule has 2 N–H and O–H groups in total. The van der Waals surface area contributed by atoms with Gasteiger partial charge < -0.3 is 15.4 Å². The molecule has 1 amide bonds. The Morgan fingerprint density at radius 1 is 1.55 bits per heavy atom. The minimum absolute atomic E-state index is 0.0132. The van der Waals surface area contributed by atoms with E-state index in [-0.39, 0.29) is 11.9 Å². The smallest absolute Gasteiger partial charge is 0.220 e. The molecule has 1 heterocycles. The molecule has 4 nitrogen and oxygen atoms in total. The van der Waals surface area contributed by atoms with E-state index in [0.717, 1.165) is 30.8 Å². The van der Waals surface area contributed by atoms with Gasteiger partial charge in [-0.15, -0.1) is 0 Å². The van der Waals surface area contributed by atoms with Gasteiger partial charge in [0.2, 0.25) is 5.91 Å². The molecular weight excluding hydrogens is 252 g/mol. The maximum atomic E-state index is 12.0. The van der Waals surface area contributed by atoms with Crippen molar-refractivity contribution in [1.29, 1.82) is 0 Å². The van der Waals surface area contributed by atoms with E-state index in [1.54, 1.807) is 7.11 Å². The topological polar surface area (TPSA) is 50.4 Å². The summed E-state index contributed by atoms with van der Waals surface area (Å²) in [6.45, 7) is 4.15. The first-order chi connectivity index (χ1) is 9.69. The molecule has 0 radical (unpaired) electrons. The van der Waals surface area contributed by atoms with Crippen molar-refractivity contribution >= 4 is 5.91 Å². The lowest BCUT2D eigenvalue weighted by molar-refractivity contribution is -0.122. The van der Waals surface area contributed by atoms with Gasteiger partial charge in [0.25, 0.3) is 0 Å². The lowest BCUT2D eigenvalue weighted by atomic mass is 10.0. The molecule has 2 rings (SSSR count). The summed E-state index contributed by atoms with van der Waals surface area (Å²) in [6, 6.07) is 7.84. The van der Waals surface area contributed by atoms with Crippen LogP contribution in [0, 0.1) is 5.92 Å². The van der Waals surface area contributed by atoms with E-state index in [9.17, 15) is 4.79 Å². The Kier molecular flexibility index (Phi) is 5.41. The van der Waals surface area contributed by atoms with Crippen LogP contribution in [0.15, 0.2) is 24.3 Å². The fraction of sp³-hybridized carbons (Fsp3) is 0.562. The Labute approximate surface area is 120 Å². The third kappa shape index (κ3) is 4.23. The number of rotatable bonds is 6. The second-order valence-corrected chi connectivity index (χ2v) is 5.46. The van der Waals surface area contributed by atoms with Gasteiger partial charge in [-0.2, -0.15) is 0 Å². The van der Waals surface area contributed by atoms with Crippen molar-refractivity contribution in [3.05, 3.63) is 29.8 Å². The zero-order chi connectivity index (χ0) is 14.4. The van der Waals surface area contributed by atoms with Gasteiger partial charge >= 0.3 is 0 Å². The fourth-order valence-electron chi connectivity index (χ4n) is 2.60. The van der Waals surface area contributed by atoms with Gasteiger partial charge in [-0.3, -0.25) is 4.79 Å². The van der Waals surface area contributed by atoms with Crippen molar-refractivity contribution in [3.63, 3.8) is 0 Å². The Morgan fingerprint density at radius 3 is 3.10 bits per heavy atom. The molecular formula is C16H24N2O2. The summed E-state index contributed by atoms with van der Waals surface area (Å²) < 4.78 is 5.21. The Balaban J connectivity index is 1.80. The average molecular weight is 276 g/mol. The number of carbonyl (C=O) groups is 1. The zero-order valence-corrected chi connectivity index (χ0v) is 12.3. The second kappa shape index (κ2) is 7.29. The van der Waals surface area contributed by atoms with Crippen LogP contribution in [-0.4, -0.2) is 26.1 Å². The van der Waals surface area contributed by atoms with Crippen LogP contribution in [0.5, 0.6) is 5.75 Å². The van der Waals surface area contributed by atoms with Crippen LogP contribution in [0.4, 0.5) is 0 Å². The van der Waals surface area contributed by atoms with Crippen LogP contribution in [-0.2, 0) is 4.79 Å². The molecule has 0 aromatic heterocycles. The van der Waals surface area contributed by atoms with Crippen LogP contribution in [0.25, 0.3) is 0 Å². The maximum Gasteiger partial charge on any atom is 0.220 e. The van der Waals surface area contributed by atoms with Gasteiger partial charge in [0.15, 0.2) is 0 Å². The van der Waals surface area contributed by atoms with E-state index in [4.69, 9.17) is 4.74 Å². The van der Waals surface area contributed by atoms with Gasteiger partial charge in [0.05, 0.1) is 13.2 Å². The van der Waals surface area contributed by atoms with E-state index in [1.807, 2.05) is 31.2 Å². The molecule has 0 aliphatic carbocycles. The Morgan fingerprint density at radius 2 is 2.40 bits per heavy atom. The third-order valence-corrected chi connectivity index (χ3v) is 3.91. The molecule has 20 heavy (non-hydrogen) atoms. The number of ether oxygens (including phenoxy) is 1. The van der Waals surface area contributed by atoms with Crippen LogP contribution in [0.3, 0.4) is 0 Å². The Hall–Kier alpha value is -1.55. The van der Waals surface area contributed by atoms with E-state index in [0.29, 0.717) is 12.3 Å². The van der Waals surface area contributed by atoms with Gasteiger partial charge in [0.1, 0.15) is 5.75 Å². The first kappa shape index (κ1) is 14.9. The van der Waals surface area contributed by atoms with Crippen LogP contribution < -0.4 is 15.4 Å². The molecule has 1 saturated heterocycles. The molecule has 1 aliphatic rings. The molecule has 1 aromatic carbocycles. The summed E-state index contributed by atoms with van der Waals surface area (Å²) in [5.74, 6) is 1.61. The summed E-state index contributed by atoms with van der Waals surface area (Å²) in [6.07, 6.45) is 2.78. The molecule has 1 aromatic rings. The van der Waals surface area contributed by atoms with E-state index in [2.05, 4.69) is 10.6 Å². The number of hydrogen-bond donors (Lipinski definition) is 2. The van der Waals surface area contributed by atoms with Crippen molar-refractivity contribution in [2.75, 3.05) is 20.2 Å². The van der Waals surface area contributed by atoms with Gasteiger partial charge in [-0.05, 0) is 56.5 Å². The monoisotopic (exact) mass is 276 g/mol. The van der Waals surface area contributed by atoms with E-state index >= 15 is 0 Å². The number of amides is 1. The standard InChI is InChI=1S/C16H24N2O2/c1-12(14-4-3-5-15(10-14)20-2)18-16(19)7-6-13-8-9-17-11-13/h3-5,10,12-13,17H,6-9,11H2,1-2H3,(H,18,19)/t12-,13?/m0/s1. The number of hydrogen-bond acceptors (Lipinski definition) is 3. The molecule has 1 unspecified atom stereocenters. The lowest BCUT2D eigenvalue weighted by Gasteiger charge is -2.16. The van der Waals surface area contributed by atoms with Gasteiger partial charge in [-0.1, -0.05) is 12.1 Å². The molecule has 110 valence electrons. The Bertz CT molecular complexity index is 442. The van der Waals surface area contributed by atoms with E-state index < -0.39 is 0 Å². The summed E-state index contributed by atoms with van der Waals surface area (Å²) in [5.41, 5.74) is 1.07. The largest absolute Gasteiger partial charge is 0.497 e. The van der Waals surface area contributed by atoms with Crippen molar-refractivity contribution in [2.24, 2.45) is 5.92 Å². The van der Waals surface area contributed by atoms with Gasteiger partial charge in [0, 0.05) is 6.42 Å². The molecule has 0 saturated carbocycles. The summed E-state index contributed by atoms with van der Waals surface area (Å²) in [5, 5.41) is 6.39. The molecule has 1 fully saturated rings. The second-order valence-electron chi connectivity index (χ2n) is 5.46. The summed E-state index contributed by atoms with van der Waals surface area (Å²) >= 11 is 0. The number of methoxy groups -OCH3 is 1. The van der Waals surface area contributed by atoms with Crippen LogP contribution in [0.1, 0.15) is 37.8 Å². The van der Waals surface area contributed by atoms with Crippen molar-refractivity contribution in [2.45, 2.75) is 32.2 Å². The fourth-order valence-corrected chi connectivity index (χ4v) is 2.60. The highest BCUT2D eigenvalue weighted by molar-refractivity contribution is 5.76. The lowest BCUT2D eigenvalue weighted by Crippen LogP contribution is -2.27. The maximum absolute atomic E-state index is 12.0. The van der Waals surface area contributed by atoms with Crippen molar-refractivity contribution in [1.82, 2.24) is 10.6 Å². The van der Waals surface area contributed by atoms with Gasteiger partial charge in [-0.25, -0.2) is 0 Å². The quantitative estimate of drug-likeness (QED) is 0.838. The van der Waals surface area contributed by atoms with Crippen LogP contribution >= 0.6 is 0 Å². The number of carbonyl (C=O) groups excluding carboxylic acids is 1. The van der Waals surface area contributed by atoms with Crippen LogP contribution in [0.2, 0.25) is 0 Å². The van der Waals surface area contributed by atoms with Crippen molar-refractivity contribution in [3.8, 4) is 5.75 Å². The number of benzene rings is 1. The van der Waals surface area contributed by atoms with Crippen molar-refractivity contribution < 1.29 is 9.53 Å². The minimum atomic E-state index is 0.0132. The first-order valence-corrected chi connectivity index (χ1v) is 7.33. The summed E-state index contributed by atoms with van der Waals surface area (Å²) in [7, 11) is 1.65. The number of nitrogens with one attached hydrogen (secondary N) is 2. The normalized spacial score (nSPS) is 19.6. The molecule has 0 bridgehead atoms. The molecule has 2 atom stereocenters. The molecule has 4 heteroatoms. The van der Waals surface area contributed by atoms with E-state index in [1.165, 1.54) is 6.42 Å². The predicted octanol–water partition coefficient (Wildman–Crippen LogP) is 2.26. The first-order valence-electron chi connectivity index (χ1n) is 7.33. The third-order valence-electron chi connectivity index (χ3n) is 3.91. The highest BCUT2D eigenvalue weighted by Crippen LogP contribution is 2.19. The average Bonchev–Trinajstić information content (AvgIpc) is 2.98. The highest BCUT2D eigenvalue weighted by Gasteiger charge is 2.16. The zero-order valence-electron chi connectivity index (χ0n) is 12.3.